The number of hydrogen-bond acceptors (Lipinski definition) is 3. The first-order chi connectivity index (χ1) is 13.5. The second-order valence-corrected chi connectivity index (χ2v) is 7.24. The van der Waals surface area contributed by atoms with E-state index in [-0.39, 0.29) is 24.2 Å². The topological polar surface area (TPSA) is 76.0 Å². The molecule has 1 atom stereocenters. The number of carbonyl (C=O) groups is 2. The SMILES string of the molecule is CC(C)[C@@H](NC(=O)Cc1ccc2ccccc2c1)C(=O)NCCn1ccnc1. The van der Waals surface area contributed by atoms with E-state index in [4.69, 9.17) is 0 Å². The van der Waals surface area contributed by atoms with E-state index in [1.165, 1.54) is 0 Å². The van der Waals surface area contributed by atoms with Crippen molar-refractivity contribution in [2.24, 2.45) is 5.92 Å². The van der Waals surface area contributed by atoms with Crippen LogP contribution < -0.4 is 10.6 Å². The third-order valence-corrected chi connectivity index (χ3v) is 4.67. The first-order valence-corrected chi connectivity index (χ1v) is 9.53. The molecule has 3 aromatic rings. The summed E-state index contributed by atoms with van der Waals surface area (Å²) in [6.45, 7) is 4.98. The summed E-state index contributed by atoms with van der Waals surface area (Å²) in [4.78, 5) is 29.0. The van der Waals surface area contributed by atoms with Crippen LogP contribution in [0.25, 0.3) is 10.8 Å². The molecule has 0 unspecified atom stereocenters. The summed E-state index contributed by atoms with van der Waals surface area (Å²) in [5.74, 6) is -0.325. The number of rotatable bonds is 8. The van der Waals surface area contributed by atoms with E-state index in [9.17, 15) is 9.59 Å². The molecule has 0 aliphatic heterocycles. The fourth-order valence-electron chi connectivity index (χ4n) is 3.13. The lowest BCUT2D eigenvalue weighted by Crippen LogP contribution is -2.50. The summed E-state index contributed by atoms with van der Waals surface area (Å²) in [6.07, 6.45) is 5.50. The van der Waals surface area contributed by atoms with Gasteiger partial charge in [-0.15, -0.1) is 0 Å². The normalized spacial score (nSPS) is 12.1. The molecule has 0 saturated heterocycles. The van der Waals surface area contributed by atoms with Crippen molar-refractivity contribution >= 4 is 22.6 Å². The van der Waals surface area contributed by atoms with E-state index >= 15 is 0 Å². The Hall–Kier alpha value is -3.15. The number of aromatic nitrogens is 2. The van der Waals surface area contributed by atoms with Gasteiger partial charge in [0.2, 0.25) is 11.8 Å². The smallest absolute Gasteiger partial charge is 0.242 e. The maximum Gasteiger partial charge on any atom is 0.242 e. The van der Waals surface area contributed by atoms with Crippen molar-refractivity contribution in [1.29, 1.82) is 0 Å². The van der Waals surface area contributed by atoms with Crippen LogP contribution in [0.2, 0.25) is 0 Å². The maximum atomic E-state index is 12.5. The second kappa shape index (κ2) is 9.17. The Morgan fingerprint density at radius 3 is 2.61 bits per heavy atom. The standard InChI is InChI=1S/C22H26N4O2/c1-16(2)21(22(28)24-10-12-26-11-9-23-15-26)25-20(27)14-17-7-8-18-5-3-4-6-19(18)13-17/h3-9,11,13,15-16,21H,10,12,14H2,1-2H3,(H,24,28)(H,25,27)/t21-/m1/s1. The molecule has 2 N–H and O–H groups in total. The minimum Gasteiger partial charge on any atom is -0.353 e. The van der Waals surface area contributed by atoms with E-state index in [0.717, 1.165) is 16.3 Å². The monoisotopic (exact) mass is 378 g/mol. The Labute approximate surface area is 165 Å². The highest BCUT2D eigenvalue weighted by molar-refractivity contribution is 5.89. The first-order valence-electron chi connectivity index (χ1n) is 9.53. The summed E-state index contributed by atoms with van der Waals surface area (Å²) in [5, 5.41) is 8.02. The molecule has 0 fully saturated rings. The zero-order valence-corrected chi connectivity index (χ0v) is 16.3. The average Bonchev–Trinajstić information content (AvgIpc) is 3.19. The van der Waals surface area contributed by atoms with Gasteiger partial charge in [-0.3, -0.25) is 9.59 Å². The fraction of sp³-hybridized carbons (Fsp3) is 0.318. The summed E-state index contributed by atoms with van der Waals surface area (Å²) in [6, 6.07) is 13.5. The summed E-state index contributed by atoms with van der Waals surface area (Å²) in [5.41, 5.74) is 0.930. The van der Waals surface area contributed by atoms with Crippen molar-refractivity contribution in [2.45, 2.75) is 32.9 Å². The molecule has 1 aromatic heterocycles. The molecule has 6 nitrogen and oxygen atoms in total. The predicted octanol–water partition coefficient (Wildman–Crippen LogP) is 2.54. The summed E-state index contributed by atoms with van der Waals surface area (Å²) in [7, 11) is 0. The Morgan fingerprint density at radius 2 is 1.89 bits per heavy atom. The number of nitrogens with one attached hydrogen (secondary N) is 2. The van der Waals surface area contributed by atoms with Crippen LogP contribution in [0.3, 0.4) is 0 Å². The molecule has 0 radical (unpaired) electrons. The minimum atomic E-state index is -0.559. The van der Waals surface area contributed by atoms with Crippen LogP contribution in [-0.2, 0) is 22.6 Å². The van der Waals surface area contributed by atoms with Crippen LogP contribution in [-0.4, -0.2) is 34.0 Å². The highest BCUT2D eigenvalue weighted by atomic mass is 16.2. The van der Waals surface area contributed by atoms with Gasteiger partial charge in [-0.05, 0) is 22.3 Å². The largest absolute Gasteiger partial charge is 0.353 e. The first kappa shape index (κ1) is 19.6. The molecule has 6 heteroatoms. The van der Waals surface area contributed by atoms with Gasteiger partial charge in [-0.1, -0.05) is 56.3 Å². The number of amides is 2. The number of benzene rings is 2. The van der Waals surface area contributed by atoms with Crippen molar-refractivity contribution in [2.75, 3.05) is 6.54 Å². The Morgan fingerprint density at radius 1 is 1.11 bits per heavy atom. The Bertz CT molecular complexity index is 935. The average molecular weight is 378 g/mol. The van der Waals surface area contributed by atoms with E-state index in [0.29, 0.717) is 13.1 Å². The molecule has 3 rings (SSSR count). The molecule has 0 aliphatic carbocycles. The lowest BCUT2D eigenvalue weighted by molar-refractivity contribution is -0.129. The van der Waals surface area contributed by atoms with Crippen molar-refractivity contribution in [3.8, 4) is 0 Å². The molecule has 0 saturated carbocycles. The zero-order chi connectivity index (χ0) is 19.9. The molecule has 0 spiro atoms. The summed E-state index contributed by atoms with van der Waals surface area (Å²) >= 11 is 0. The van der Waals surface area contributed by atoms with Gasteiger partial charge < -0.3 is 15.2 Å². The fourth-order valence-corrected chi connectivity index (χ4v) is 3.13. The quantitative estimate of drug-likeness (QED) is 0.632. The number of imidazole rings is 1. The van der Waals surface area contributed by atoms with Gasteiger partial charge in [-0.2, -0.15) is 0 Å². The maximum absolute atomic E-state index is 12.5. The number of carbonyl (C=O) groups excluding carboxylic acids is 2. The molecular formula is C22H26N4O2. The molecule has 0 bridgehead atoms. The van der Waals surface area contributed by atoms with Crippen LogP contribution in [0.5, 0.6) is 0 Å². The van der Waals surface area contributed by atoms with Crippen molar-refractivity contribution in [1.82, 2.24) is 20.2 Å². The van der Waals surface area contributed by atoms with Crippen LogP contribution in [0.4, 0.5) is 0 Å². The van der Waals surface area contributed by atoms with Crippen LogP contribution in [0, 0.1) is 5.92 Å². The molecule has 2 aromatic carbocycles. The Kier molecular flexibility index (Phi) is 6.42. The molecule has 1 heterocycles. The van der Waals surface area contributed by atoms with Crippen molar-refractivity contribution < 1.29 is 9.59 Å². The highest BCUT2D eigenvalue weighted by Crippen LogP contribution is 2.16. The molecule has 0 aliphatic rings. The van der Waals surface area contributed by atoms with Gasteiger partial charge in [0.05, 0.1) is 12.7 Å². The van der Waals surface area contributed by atoms with Gasteiger partial charge in [0, 0.05) is 25.5 Å². The predicted molar refractivity (Wildman–Crippen MR) is 110 cm³/mol. The third-order valence-electron chi connectivity index (χ3n) is 4.67. The molecule has 2 amide bonds. The van der Waals surface area contributed by atoms with Crippen LogP contribution >= 0.6 is 0 Å². The van der Waals surface area contributed by atoms with E-state index in [2.05, 4.69) is 15.6 Å². The zero-order valence-electron chi connectivity index (χ0n) is 16.3. The molecule has 28 heavy (non-hydrogen) atoms. The minimum absolute atomic E-state index is 0.00574. The van der Waals surface area contributed by atoms with E-state index in [1.54, 1.807) is 12.5 Å². The Balaban J connectivity index is 1.56. The van der Waals surface area contributed by atoms with Gasteiger partial charge in [0.1, 0.15) is 6.04 Å². The van der Waals surface area contributed by atoms with Crippen molar-refractivity contribution in [3.05, 3.63) is 66.7 Å². The number of nitrogens with zero attached hydrogens (tertiary/aromatic N) is 2. The highest BCUT2D eigenvalue weighted by Gasteiger charge is 2.23. The van der Waals surface area contributed by atoms with E-state index < -0.39 is 6.04 Å². The second-order valence-electron chi connectivity index (χ2n) is 7.24. The summed E-state index contributed by atoms with van der Waals surface area (Å²) < 4.78 is 1.89. The number of fused-ring (bicyclic) bond motifs is 1. The number of hydrogen-bond donors (Lipinski definition) is 2. The lowest BCUT2D eigenvalue weighted by Gasteiger charge is -2.22. The molecule has 146 valence electrons. The molecular weight excluding hydrogens is 352 g/mol. The van der Waals surface area contributed by atoms with E-state index in [1.807, 2.05) is 67.1 Å². The van der Waals surface area contributed by atoms with Crippen LogP contribution in [0.15, 0.2) is 61.2 Å². The van der Waals surface area contributed by atoms with Gasteiger partial charge in [0.25, 0.3) is 0 Å². The third kappa shape index (κ3) is 5.19. The van der Waals surface area contributed by atoms with Gasteiger partial charge in [0.15, 0.2) is 0 Å². The van der Waals surface area contributed by atoms with Gasteiger partial charge >= 0.3 is 0 Å². The lowest BCUT2D eigenvalue weighted by atomic mass is 10.0. The van der Waals surface area contributed by atoms with Gasteiger partial charge in [-0.25, -0.2) is 4.98 Å². The van der Waals surface area contributed by atoms with Crippen LogP contribution in [0.1, 0.15) is 19.4 Å². The van der Waals surface area contributed by atoms with Crippen molar-refractivity contribution in [3.63, 3.8) is 0 Å².